The summed E-state index contributed by atoms with van der Waals surface area (Å²) in [6.45, 7) is 1.27. The average molecular weight is 241 g/mol. The van der Waals surface area contributed by atoms with E-state index < -0.39 is 4.92 Å². The average Bonchev–Trinajstić information content (AvgIpc) is 2.27. The molecule has 0 fully saturated rings. The van der Waals surface area contributed by atoms with E-state index >= 15 is 0 Å². The molecule has 0 atom stereocenters. The molecule has 1 heterocycles. The molecule has 0 radical (unpaired) electrons. The van der Waals surface area contributed by atoms with Gasteiger partial charge >= 0.3 is 5.69 Å². The zero-order valence-electron chi connectivity index (χ0n) is 9.67. The van der Waals surface area contributed by atoms with E-state index in [1.165, 1.54) is 6.33 Å². The van der Waals surface area contributed by atoms with Gasteiger partial charge in [0, 0.05) is 13.1 Å². The summed E-state index contributed by atoms with van der Waals surface area (Å²) in [7, 11) is 3.81. The smallest absolute Gasteiger partial charge is 0.354 e. The second-order valence-electron chi connectivity index (χ2n) is 3.55. The zero-order chi connectivity index (χ0) is 12.8. The number of likely N-dealkylation sites (N-methyl/N-ethyl adjacent to an activating group) is 1. The Labute approximate surface area is 98.2 Å². The van der Waals surface area contributed by atoms with Gasteiger partial charge in [-0.05, 0) is 14.1 Å². The largest absolute Gasteiger partial charge is 0.363 e. The summed E-state index contributed by atoms with van der Waals surface area (Å²) in [4.78, 5) is 19.8. The Morgan fingerprint density at radius 2 is 2.12 bits per heavy atom. The summed E-state index contributed by atoms with van der Waals surface area (Å²) in [6, 6.07) is 0. The van der Waals surface area contributed by atoms with E-state index in [1.54, 1.807) is 0 Å². The number of aromatic nitrogens is 2. The number of hydrogen-bond acceptors (Lipinski definition) is 8. The molecule has 1 rings (SSSR count). The number of nitrogen functional groups attached to an aromatic ring is 1. The van der Waals surface area contributed by atoms with Crippen molar-refractivity contribution in [3.05, 3.63) is 16.4 Å². The standard InChI is InChI=1S/C8H15N7O2/c1-14(2)4-3-10-7-6(15(16)17)8(13-9)12-5-11-7/h5H,3-4,9H2,1-2H3,(H2,10,11,12,13). The van der Waals surface area contributed by atoms with Crippen LogP contribution < -0.4 is 16.6 Å². The Bertz CT molecular complexity index is 395. The minimum Gasteiger partial charge on any atom is -0.363 e. The molecule has 0 aromatic carbocycles. The molecule has 0 aliphatic carbocycles. The van der Waals surface area contributed by atoms with Gasteiger partial charge < -0.3 is 15.6 Å². The van der Waals surface area contributed by atoms with Gasteiger partial charge in [-0.2, -0.15) is 0 Å². The normalized spacial score (nSPS) is 10.4. The van der Waals surface area contributed by atoms with Crippen LogP contribution in [0.3, 0.4) is 0 Å². The minimum absolute atomic E-state index is 0.0163. The minimum atomic E-state index is -0.576. The lowest BCUT2D eigenvalue weighted by molar-refractivity contribution is -0.383. The molecule has 0 aliphatic rings. The second-order valence-corrected chi connectivity index (χ2v) is 3.55. The van der Waals surface area contributed by atoms with Crippen LogP contribution in [0.2, 0.25) is 0 Å². The Balaban J connectivity index is 2.87. The Kier molecular flexibility index (Phi) is 4.55. The molecular weight excluding hydrogens is 226 g/mol. The summed E-state index contributed by atoms with van der Waals surface area (Å²) in [5.41, 5.74) is 1.92. The molecule has 4 N–H and O–H groups in total. The maximum atomic E-state index is 10.9. The lowest BCUT2D eigenvalue weighted by Gasteiger charge is -2.11. The van der Waals surface area contributed by atoms with Gasteiger partial charge in [0.1, 0.15) is 6.33 Å². The van der Waals surface area contributed by atoms with Crippen molar-refractivity contribution >= 4 is 17.3 Å². The third-order valence-corrected chi connectivity index (χ3v) is 1.99. The highest BCUT2D eigenvalue weighted by Crippen LogP contribution is 2.27. The predicted molar refractivity (Wildman–Crippen MR) is 63.5 cm³/mol. The molecule has 0 bridgehead atoms. The second kappa shape index (κ2) is 5.92. The highest BCUT2D eigenvalue weighted by atomic mass is 16.6. The van der Waals surface area contributed by atoms with Gasteiger partial charge in [0.05, 0.1) is 4.92 Å². The number of nitrogens with two attached hydrogens (primary N) is 1. The van der Waals surface area contributed by atoms with Crippen molar-refractivity contribution in [1.82, 2.24) is 14.9 Å². The number of anilines is 2. The van der Waals surface area contributed by atoms with Crippen molar-refractivity contribution in [2.45, 2.75) is 0 Å². The fourth-order valence-electron chi connectivity index (χ4n) is 1.18. The molecule has 1 aromatic heterocycles. The van der Waals surface area contributed by atoms with Gasteiger partial charge in [-0.3, -0.25) is 10.1 Å². The molecule has 9 nitrogen and oxygen atoms in total. The maximum absolute atomic E-state index is 10.9. The summed E-state index contributed by atoms with van der Waals surface area (Å²) < 4.78 is 0. The number of nitro groups is 1. The van der Waals surface area contributed by atoms with E-state index in [4.69, 9.17) is 5.84 Å². The summed E-state index contributed by atoms with van der Waals surface area (Å²) >= 11 is 0. The van der Waals surface area contributed by atoms with Gasteiger partial charge in [0.25, 0.3) is 0 Å². The number of nitrogens with zero attached hydrogens (tertiary/aromatic N) is 4. The molecule has 0 amide bonds. The van der Waals surface area contributed by atoms with Gasteiger partial charge in [-0.1, -0.05) is 0 Å². The van der Waals surface area contributed by atoms with Crippen LogP contribution in [0.5, 0.6) is 0 Å². The first kappa shape index (κ1) is 13.1. The third kappa shape index (κ3) is 3.50. The summed E-state index contributed by atoms with van der Waals surface area (Å²) in [6.07, 6.45) is 1.21. The number of hydrogen-bond donors (Lipinski definition) is 3. The molecular formula is C8H15N7O2. The first-order chi connectivity index (χ1) is 8.06. The summed E-state index contributed by atoms with van der Waals surface area (Å²) in [5.74, 6) is 5.29. The number of rotatable bonds is 6. The van der Waals surface area contributed by atoms with Gasteiger partial charge in [-0.15, -0.1) is 0 Å². The van der Waals surface area contributed by atoms with E-state index in [2.05, 4.69) is 20.7 Å². The molecule has 0 spiro atoms. The molecule has 0 saturated heterocycles. The fraction of sp³-hybridized carbons (Fsp3) is 0.500. The topological polar surface area (TPSA) is 122 Å². The van der Waals surface area contributed by atoms with Crippen LogP contribution in [-0.4, -0.2) is 47.0 Å². The van der Waals surface area contributed by atoms with Crippen LogP contribution in [0.1, 0.15) is 0 Å². The first-order valence-electron chi connectivity index (χ1n) is 4.91. The predicted octanol–water partition coefficient (Wildman–Crippen LogP) is -0.356. The van der Waals surface area contributed by atoms with Crippen molar-refractivity contribution in [2.24, 2.45) is 5.84 Å². The van der Waals surface area contributed by atoms with Crippen LogP contribution in [0.25, 0.3) is 0 Å². The zero-order valence-corrected chi connectivity index (χ0v) is 9.67. The van der Waals surface area contributed by atoms with Gasteiger partial charge in [0.2, 0.25) is 11.6 Å². The Morgan fingerprint density at radius 3 is 2.65 bits per heavy atom. The van der Waals surface area contributed by atoms with Crippen molar-refractivity contribution in [2.75, 3.05) is 37.9 Å². The fourth-order valence-corrected chi connectivity index (χ4v) is 1.18. The van der Waals surface area contributed by atoms with Crippen LogP contribution >= 0.6 is 0 Å². The van der Waals surface area contributed by atoms with Gasteiger partial charge in [-0.25, -0.2) is 15.8 Å². The SMILES string of the molecule is CN(C)CCNc1ncnc(NN)c1[N+](=O)[O-]. The Hall–Kier alpha value is -2.00. The quantitative estimate of drug-likeness (QED) is 0.350. The molecule has 0 saturated carbocycles. The lowest BCUT2D eigenvalue weighted by Crippen LogP contribution is -2.22. The molecule has 0 unspecified atom stereocenters. The van der Waals surface area contributed by atoms with E-state index in [-0.39, 0.29) is 17.3 Å². The van der Waals surface area contributed by atoms with Crippen LogP contribution in [0.15, 0.2) is 6.33 Å². The van der Waals surface area contributed by atoms with E-state index in [0.717, 1.165) is 6.54 Å². The summed E-state index contributed by atoms with van der Waals surface area (Å²) in [5, 5.41) is 13.7. The van der Waals surface area contributed by atoms with Crippen molar-refractivity contribution in [3.8, 4) is 0 Å². The van der Waals surface area contributed by atoms with Crippen LogP contribution in [-0.2, 0) is 0 Å². The molecule has 94 valence electrons. The lowest BCUT2D eigenvalue weighted by atomic mass is 10.4. The van der Waals surface area contributed by atoms with Crippen molar-refractivity contribution < 1.29 is 4.92 Å². The van der Waals surface area contributed by atoms with Gasteiger partial charge in [0.15, 0.2) is 0 Å². The van der Waals surface area contributed by atoms with Crippen molar-refractivity contribution in [3.63, 3.8) is 0 Å². The molecule has 17 heavy (non-hydrogen) atoms. The molecule has 9 heteroatoms. The van der Waals surface area contributed by atoms with E-state index in [0.29, 0.717) is 6.54 Å². The van der Waals surface area contributed by atoms with Crippen LogP contribution in [0.4, 0.5) is 17.3 Å². The van der Waals surface area contributed by atoms with E-state index in [1.807, 2.05) is 19.0 Å². The van der Waals surface area contributed by atoms with E-state index in [9.17, 15) is 10.1 Å². The number of nitrogens with one attached hydrogen (secondary N) is 2. The van der Waals surface area contributed by atoms with Crippen LogP contribution in [0, 0.1) is 10.1 Å². The monoisotopic (exact) mass is 241 g/mol. The van der Waals surface area contributed by atoms with Crippen molar-refractivity contribution in [1.29, 1.82) is 0 Å². The molecule has 0 aliphatic heterocycles. The third-order valence-electron chi connectivity index (χ3n) is 1.99. The first-order valence-corrected chi connectivity index (χ1v) is 4.91. The molecule has 1 aromatic rings. The maximum Gasteiger partial charge on any atom is 0.354 e. The number of hydrazine groups is 1. The Morgan fingerprint density at radius 1 is 1.47 bits per heavy atom. The highest BCUT2D eigenvalue weighted by Gasteiger charge is 2.21. The highest BCUT2D eigenvalue weighted by molar-refractivity contribution is 5.68.